The van der Waals surface area contributed by atoms with Crippen molar-refractivity contribution < 1.29 is 15.0 Å². The summed E-state index contributed by atoms with van der Waals surface area (Å²) in [6, 6.07) is 7.03. The van der Waals surface area contributed by atoms with Crippen molar-refractivity contribution in [3.63, 3.8) is 0 Å². The van der Waals surface area contributed by atoms with E-state index < -0.39 is 0 Å². The van der Waals surface area contributed by atoms with Crippen LogP contribution in [0.4, 0.5) is 0 Å². The molecule has 1 aromatic rings. The molecule has 0 saturated carbocycles. The quantitative estimate of drug-likeness (QED) is 0.624. The third-order valence-corrected chi connectivity index (χ3v) is 2.52. The van der Waals surface area contributed by atoms with E-state index in [1.165, 1.54) is 0 Å². The van der Waals surface area contributed by atoms with Gasteiger partial charge in [0.25, 0.3) is 0 Å². The number of phenols is 1. The summed E-state index contributed by atoms with van der Waals surface area (Å²) in [6.07, 6.45) is 2.41. The molecular weight excluding hydrogens is 218 g/mol. The molecule has 1 rings (SSSR count). The minimum absolute atomic E-state index is 0.0220. The van der Waals surface area contributed by atoms with Crippen LogP contribution in [0.15, 0.2) is 24.3 Å². The van der Waals surface area contributed by atoms with Gasteiger partial charge in [-0.1, -0.05) is 18.2 Å². The Morgan fingerprint density at radius 2 is 2.00 bits per heavy atom. The van der Waals surface area contributed by atoms with Crippen LogP contribution in [0.2, 0.25) is 0 Å². The molecular formula is C13H19NO3. The molecule has 0 aliphatic carbocycles. The number of hydrogen-bond donors (Lipinski definition) is 3. The van der Waals surface area contributed by atoms with Gasteiger partial charge in [0.1, 0.15) is 5.75 Å². The fraction of sp³-hybridized carbons (Fsp3) is 0.462. The van der Waals surface area contributed by atoms with E-state index in [2.05, 4.69) is 5.32 Å². The second-order valence-corrected chi connectivity index (χ2v) is 3.91. The average Bonchev–Trinajstić information content (AvgIpc) is 2.34. The third-order valence-electron chi connectivity index (χ3n) is 2.52. The molecule has 17 heavy (non-hydrogen) atoms. The van der Waals surface area contributed by atoms with Crippen LogP contribution in [0.25, 0.3) is 0 Å². The Morgan fingerprint density at radius 1 is 1.24 bits per heavy atom. The van der Waals surface area contributed by atoms with E-state index in [-0.39, 0.29) is 18.3 Å². The summed E-state index contributed by atoms with van der Waals surface area (Å²) >= 11 is 0. The zero-order valence-electron chi connectivity index (χ0n) is 9.85. The molecule has 0 aliphatic heterocycles. The molecule has 0 radical (unpaired) electrons. The van der Waals surface area contributed by atoms with E-state index in [4.69, 9.17) is 5.11 Å². The minimum Gasteiger partial charge on any atom is -0.508 e. The van der Waals surface area contributed by atoms with Crippen molar-refractivity contribution in [3.05, 3.63) is 29.8 Å². The van der Waals surface area contributed by atoms with Gasteiger partial charge in [-0.25, -0.2) is 0 Å². The first-order valence-electron chi connectivity index (χ1n) is 5.88. The molecule has 0 atom stereocenters. The Balaban J connectivity index is 2.22. The molecule has 3 N–H and O–H groups in total. The van der Waals surface area contributed by atoms with Crippen LogP contribution < -0.4 is 5.32 Å². The van der Waals surface area contributed by atoms with Gasteiger partial charge in [-0.05, 0) is 30.9 Å². The molecule has 0 aromatic heterocycles. The molecule has 0 saturated heterocycles. The lowest BCUT2D eigenvalue weighted by molar-refractivity contribution is -0.121. The van der Waals surface area contributed by atoms with Crippen molar-refractivity contribution in [2.24, 2.45) is 0 Å². The maximum atomic E-state index is 11.4. The van der Waals surface area contributed by atoms with Crippen LogP contribution in [0, 0.1) is 0 Å². The van der Waals surface area contributed by atoms with Crippen LogP contribution in [0.3, 0.4) is 0 Å². The molecule has 0 aliphatic rings. The highest BCUT2D eigenvalue weighted by molar-refractivity contribution is 5.76. The largest absolute Gasteiger partial charge is 0.508 e. The lowest BCUT2D eigenvalue weighted by Gasteiger charge is -2.05. The number of para-hydroxylation sites is 1. The van der Waals surface area contributed by atoms with Gasteiger partial charge in [0.2, 0.25) is 5.91 Å². The topological polar surface area (TPSA) is 69.6 Å². The molecule has 1 amide bonds. The van der Waals surface area contributed by atoms with Gasteiger partial charge in [-0.3, -0.25) is 4.79 Å². The van der Waals surface area contributed by atoms with Gasteiger partial charge in [-0.15, -0.1) is 0 Å². The SMILES string of the molecule is O=C(CCc1ccccc1O)NCCCCO. The molecule has 0 unspecified atom stereocenters. The van der Waals surface area contributed by atoms with Crippen molar-refractivity contribution in [3.8, 4) is 5.75 Å². The van der Waals surface area contributed by atoms with Crippen molar-refractivity contribution in [2.75, 3.05) is 13.2 Å². The number of nitrogens with one attached hydrogen (secondary N) is 1. The number of rotatable bonds is 7. The van der Waals surface area contributed by atoms with Gasteiger partial charge in [0.05, 0.1) is 0 Å². The number of aliphatic hydroxyl groups is 1. The maximum absolute atomic E-state index is 11.4. The van der Waals surface area contributed by atoms with E-state index in [0.717, 1.165) is 12.0 Å². The Bertz CT molecular complexity index is 352. The highest BCUT2D eigenvalue weighted by Gasteiger charge is 2.04. The summed E-state index contributed by atoms with van der Waals surface area (Å²) in [7, 11) is 0. The number of benzene rings is 1. The highest BCUT2D eigenvalue weighted by atomic mass is 16.3. The molecule has 0 bridgehead atoms. The predicted molar refractivity (Wildman–Crippen MR) is 65.8 cm³/mol. The van der Waals surface area contributed by atoms with Crippen LogP contribution in [-0.4, -0.2) is 29.3 Å². The van der Waals surface area contributed by atoms with Crippen LogP contribution in [0.1, 0.15) is 24.8 Å². The number of carbonyl (C=O) groups excluding carboxylic acids is 1. The van der Waals surface area contributed by atoms with Crippen molar-refractivity contribution in [2.45, 2.75) is 25.7 Å². The highest BCUT2D eigenvalue weighted by Crippen LogP contribution is 2.16. The first-order valence-corrected chi connectivity index (χ1v) is 5.88. The Kier molecular flexibility index (Phi) is 6.10. The number of aliphatic hydroxyl groups excluding tert-OH is 1. The summed E-state index contributed by atoms with van der Waals surface area (Å²) < 4.78 is 0. The van der Waals surface area contributed by atoms with Gasteiger partial charge >= 0.3 is 0 Å². The first kappa shape index (κ1) is 13.5. The predicted octanol–water partition coefficient (Wildman–Crippen LogP) is 1.21. The van der Waals surface area contributed by atoms with E-state index >= 15 is 0 Å². The molecule has 4 nitrogen and oxygen atoms in total. The third kappa shape index (κ3) is 5.36. The zero-order valence-corrected chi connectivity index (χ0v) is 9.85. The van der Waals surface area contributed by atoms with Gasteiger partial charge in [0.15, 0.2) is 0 Å². The van der Waals surface area contributed by atoms with Crippen LogP contribution >= 0.6 is 0 Å². The molecule has 0 spiro atoms. The fourth-order valence-corrected chi connectivity index (χ4v) is 1.52. The summed E-state index contributed by atoms with van der Waals surface area (Å²) in [6.45, 7) is 0.758. The van der Waals surface area contributed by atoms with E-state index in [9.17, 15) is 9.90 Å². The first-order chi connectivity index (χ1) is 8.24. The standard InChI is InChI=1S/C13H19NO3/c15-10-4-3-9-14-13(17)8-7-11-5-1-2-6-12(11)16/h1-2,5-6,15-16H,3-4,7-10H2,(H,14,17). The second-order valence-electron chi connectivity index (χ2n) is 3.91. The summed E-state index contributed by atoms with van der Waals surface area (Å²) in [4.78, 5) is 11.4. The second kappa shape index (κ2) is 7.68. The maximum Gasteiger partial charge on any atom is 0.220 e. The number of phenolic OH excluding ortho intramolecular Hbond substituents is 1. The normalized spacial score (nSPS) is 10.2. The minimum atomic E-state index is -0.0220. The lowest BCUT2D eigenvalue weighted by atomic mass is 10.1. The Hall–Kier alpha value is -1.55. The summed E-state index contributed by atoms with van der Waals surface area (Å²) in [5.74, 6) is 0.215. The van der Waals surface area contributed by atoms with Crippen LogP contribution in [0.5, 0.6) is 5.75 Å². The summed E-state index contributed by atoms with van der Waals surface area (Å²) in [5, 5.41) is 20.9. The van der Waals surface area contributed by atoms with Crippen molar-refractivity contribution in [1.82, 2.24) is 5.32 Å². The number of hydrogen-bond acceptors (Lipinski definition) is 3. The van der Waals surface area contributed by atoms with Crippen LogP contribution in [-0.2, 0) is 11.2 Å². The fourth-order valence-electron chi connectivity index (χ4n) is 1.52. The number of carbonyl (C=O) groups is 1. The zero-order chi connectivity index (χ0) is 12.5. The molecule has 1 aromatic carbocycles. The van der Waals surface area contributed by atoms with E-state index in [1.807, 2.05) is 12.1 Å². The summed E-state index contributed by atoms with van der Waals surface area (Å²) in [5.41, 5.74) is 0.790. The number of unbranched alkanes of at least 4 members (excludes halogenated alkanes) is 1. The van der Waals surface area contributed by atoms with Gasteiger partial charge in [-0.2, -0.15) is 0 Å². The molecule has 94 valence electrons. The Labute approximate surface area is 101 Å². The van der Waals surface area contributed by atoms with E-state index in [0.29, 0.717) is 25.8 Å². The van der Waals surface area contributed by atoms with Gasteiger partial charge < -0.3 is 15.5 Å². The average molecular weight is 237 g/mol. The number of amides is 1. The number of aryl methyl sites for hydroxylation is 1. The van der Waals surface area contributed by atoms with Gasteiger partial charge in [0, 0.05) is 19.6 Å². The lowest BCUT2D eigenvalue weighted by Crippen LogP contribution is -2.24. The number of aromatic hydroxyl groups is 1. The van der Waals surface area contributed by atoms with Crippen molar-refractivity contribution in [1.29, 1.82) is 0 Å². The Morgan fingerprint density at radius 3 is 2.71 bits per heavy atom. The smallest absolute Gasteiger partial charge is 0.220 e. The molecule has 0 fully saturated rings. The van der Waals surface area contributed by atoms with E-state index in [1.54, 1.807) is 12.1 Å². The molecule has 4 heteroatoms. The van der Waals surface area contributed by atoms with Crippen molar-refractivity contribution >= 4 is 5.91 Å². The molecule has 0 heterocycles. The monoisotopic (exact) mass is 237 g/mol.